The molecule has 5 rings (SSSR count). The van der Waals surface area contributed by atoms with E-state index in [1.54, 1.807) is 24.5 Å². The highest BCUT2D eigenvalue weighted by Crippen LogP contribution is 2.37. The number of anilines is 1. The van der Waals surface area contributed by atoms with E-state index in [1.807, 2.05) is 17.9 Å². The predicted molar refractivity (Wildman–Crippen MR) is 111 cm³/mol. The molecule has 0 atom stereocenters. The van der Waals surface area contributed by atoms with Crippen molar-refractivity contribution in [3.05, 3.63) is 41.7 Å². The third kappa shape index (κ3) is 3.18. The molecule has 2 amide bonds. The molecule has 3 aliphatic rings. The Morgan fingerprint density at radius 2 is 2.13 bits per heavy atom. The number of fused-ring (bicyclic) bond motifs is 1. The molecule has 0 N–H and O–H groups in total. The molecule has 1 saturated carbocycles. The van der Waals surface area contributed by atoms with E-state index in [4.69, 9.17) is 13.6 Å². The normalized spacial score (nSPS) is 25.0. The molecule has 156 valence electrons. The molecule has 7 heteroatoms. The number of amides is 2. The Hall–Kier alpha value is -3.09. The zero-order valence-electron chi connectivity index (χ0n) is 19.8. The summed E-state index contributed by atoms with van der Waals surface area (Å²) in [6.07, 6.45) is 5.85. The van der Waals surface area contributed by atoms with Crippen LogP contribution in [0.2, 0.25) is 0 Å². The van der Waals surface area contributed by atoms with Gasteiger partial charge in [-0.2, -0.15) is 0 Å². The highest BCUT2D eigenvalue weighted by Gasteiger charge is 2.39. The van der Waals surface area contributed by atoms with Crippen molar-refractivity contribution in [1.82, 2.24) is 9.88 Å². The highest BCUT2D eigenvalue weighted by molar-refractivity contribution is 5.90. The quantitative estimate of drug-likeness (QED) is 0.769. The average molecular weight is 410 g/mol. The van der Waals surface area contributed by atoms with E-state index in [0.29, 0.717) is 28.3 Å². The first kappa shape index (κ1) is 15.7. The maximum absolute atomic E-state index is 12.0. The summed E-state index contributed by atoms with van der Waals surface area (Å²) in [6.45, 7) is 0.190. The van der Waals surface area contributed by atoms with Crippen LogP contribution >= 0.6 is 0 Å². The van der Waals surface area contributed by atoms with Gasteiger partial charge in [0.1, 0.15) is 18.5 Å². The lowest BCUT2D eigenvalue weighted by atomic mass is 9.88. The Morgan fingerprint density at radius 3 is 2.90 bits per heavy atom. The van der Waals surface area contributed by atoms with Crippen molar-refractivity contribution in [1.29, 1.82) is 0 Å². The average Bonchev–Trinajstić information content (AvgIpc) is 3.15. The van der Waals surface area contributed by atoms with E-state index in [1.165, 1.54) is 0 Å². The number of likely N-dealkylation sites (tertiary alicyclic amines) is 1. The molecule has 0 unspecified atom stereocenters. The lowest BCUT2D eigenvalue weighted by molar-refractivity contribution is -0.133. The monoisotopic (exact) mass is 410 g/mol. The smallest absolute Gasteiger partial charge is 0.414 e. The lowest BCUT2D eigenvalue weighted by Gasteiger charge is -2.41. The van der Waals surface area contributed by atoms with Crippen LogP contribution in [0.25, 0.3) is 11.1 Å². The first-order chi connectivity index (χ1) is 15.7. The molecular weight excluding hydrogens is 382 g/mol. The van der Waals surface area contributed by atoms with Crippen molar-refractivity contribution >= 4 is 17.7 Å². The molecular formula is C23H25N3O4. The van der Waals surface area contributed by atoms with E-state index in [2.05, 4.69) is 4.98 Å². The van der Waals surface area contributed by atoms with E-state index in [0.717, 1.165) is 42.5 Å². The van der Waals surface area contributed by atoms with E-state index in [-0.39, 0.29) is 24.7 Å². The van der Waals surface area contributed by atoms with Crippen LogP contribution < -0.4 is 9.64 Å². The molecule has 0 spiro atoms. The van der Waals surface area contributed by atoms with E-state index in [9.17, 15) is 9.59 Å². The minimum absolute atomic E-state index is 0.00986. The first-order valence-electron chi connectivity index (χ1n) is 11.7. The van der Waals surface area contributed by atoms with Gasteiger partial charge in [-0.15, -0.1) is 0 Å². The molecule has 1 saturated heterocycles. The lowest BCUT2D eigenvalue weighted by Crippen LogP contribution is -2.49. The summed E-state index contributed by atoms with van der Waals surface area (Å²) in [5.74, 6) is 0.936. The molecule has 1 aromatic heterocycles. The number of hydrogen-bond acceptors (Lipinski definition) is 5. The molecule has 2 aromatic rings. The minimum Gasteiger partial charge on any atom is -0.488 e. The second kappa shape index (κ2) is 7.31. The van der Waals surface area contributed by atoms with Crippen LogP contribution in [-0.2, 0) is 16.1 Å². The number of rotatable bonds is 4. The number of nitrogens with zero attached hydrogens (tertiary/aromatic N) is 3. The highest BCUT2D eigenvalue weighted by atomic mass is 16.6. The number of aromatic nitrogens is 1. The number of carbonyl (C=O) groups excluding carboxylic acids is 2. The van der Waals surface area contributed by atoms with Gasteiger partial charge in [0.25, 0.3) is 0 Å². The van der Waals surface area contributed by atoms with Crippen LogP contribution in [0.1, 0.15) is 40.9 Å². The van der Waals surface area contributed by atoms with Gasteiger partial charge in [-0.3, -0.25) is 14.7 Å². The molecule has 1 aliphatic carbocycles. The second-order valence-corrected chi connectivity index (χ2v) is 8.10. The Labute approximate surface area is 179 Å². The zero-order valence-corrected chi connectivity index (χ0v) is 16.8. The number of carbonyl (C=O) groups is 2. The summed E-state index contributed by atoms with van der Waals surface area (Å²) in [4.78, 5) is 31.0. The van der Waals surface area contributed by atoms with Gasteiger partial charge >= 0.3 is 6.09 Å². The van der Waals surface area contributed by atoms with Crippen molar-refractivity contribution in [3.8, 4) is 16.9 Å². The SMILES string of the molecule is [2H]C([2H])([2H])N1C(=O)OCc2cc(-c3cncc(OC4CC(N5CCCC5=O)C4)c3C)ccc21. The maximum atomic E-state index is 12.0. The molecule has 30 heavy (non-hydrogen) atoms. The molecule has 2 aliphatic heterocycles. The third-order valence-corrected chi connectivity index (χ3v) is 6.25. The molecule has 0 radical (unpaired) electrons. The standard InChI is InChI=1S/C23H25N3O4/c1-14-19(15-5-6-20-16(8-15)13-29-23(28)25(20)2)11-24-12-21(14)30-18-9-17(10-18)26-7-3-4-22(26)27/h5-6,8,11-12,17-18H,3-4,7,9-10,13H2,1-2H3/i2D3. The summed E-state index contributed by atoms with van der Waals surface area (Å²) in [7, 11) is 0. The van der Waals surface area contributed by atoms with Crippen molar-refractivity contribution < 1.29 is 23.2 Å². The van der Waals surface area contributed by atoms with Crippen molar-refractivity contribution in [2.75, 3.05) is 18.4 Å². The van der Waals surface area contributed by atoms with Crippen LogP contribution in [0.3, 0.4) is 0 Å². The number of hydrogen-bond donors (Lipinski definition) is 0. The van der Waals surface area contributed by atoms with Gasteiger partial charge in [0.2, 0.25) is 5.91 Å². The minimum atomic E-state index is -2.63. The predicted octanol–water partition coefficient (Wildman–Crippen LogP) is 3.68. The molecule has 7 nitrogen and oxygen atoms in total. The molecule has 0 bridgehead atoms. The van der Waals surface area contributed by atoms with Crippen LogP contribution in [0.4, 0.5) is 10.5 Å². The first-order valence-corrected chi connectivity index (χ1v) is 10.2. The Morgan fingerprint density at radius 1 is 1.27 bits per heavy atom. The van der Waals surface area contributed by atoms with Crippen molar-refractivity contribution in [2.24, 2.45) is 0 Å². The van der Waals surface area contributed by atoms with Gasteiger partial charge in [0, 0.05) is 65.8 Å². The third-order valence-electron chi connectivity index (χ3n) is 6.25. The van der Waals surface area contributed by atoms with Gasteiger partial charge in [-0.05, 0) is 31.0 Å². The molecule has 2 fully saturated rings. The fourth-order valence-corrected chi connectivity index (χ4v) is 4.43. The van der Waals surface area contributed by atoms with E-state index < -0.39 is 13.1 Å². The summed E-state index contributed by atoms with van der Waals surface area (Å²) in [5.41, 5.74) is 3.56. The number of pyridine rings is 1. The number of benzene rings is 1. The fourth-order valence-electron chi connectivity index (χ4n) is 4.43. The summed E-state index contributed by atoms with van der Waals surface area (Å²) in [5, 5.41) is 0. The zero-order chi connectivity index (χ0) is 23.3. The van der Waals surface area contributed by atoms with Gasteiger partial charge < -0.3 is 14.4 Å². The molecule has 1 aromatic carbocycles. The van der Waals surface area contributed by atoms with Gasteiger partial charge in [-0.1, -0.05) is 6.07 Å². The van der Waals surface area contributed by atoms with Gasteiger partial charge in [0.15, 0.2) is 0 Å². The summed E-state index contributed by atoms with van der Waals surface area (Å²) in [6, 6.07) is 5.51. The van der Waals surface area contributed by atoms with E-state index >= 15 is 0 Å². The Balaban J connectivity index is 1.34. The van der Waals surface area contributed by atoms with Crippen LogP contribution in [0.15, 0.2) is 30.6 Å². The second-order valence-electron chi connectivity index (χ2n) is 8.10. The Bertz CT molecular complexity index is 1110. The summed E-state index contributed by atoms with van der Waals surface area (Å²) < 4.78 is 34.2. The van der Waals surface area contributed by atoms with Crippen molar-refractivity contribution in [3.63, 3.8) is 0 Å². The van der Waals surface area contributed by atoms with Crippen LogP contribution in [0.5, 0.6) is 5.75 Å². The van der Waals surface area contributed by atoms with Crippen LogP contribution in [-0.4, -0.2) is 47.6 Å². The maximum Gasteiger partial charge on any atom is 0.414 e. The van der Waals surface area contributed by atoms with Crippen molar-refractivity contribution in [2.45, 2.75) is 51.4 Å². The molecule has 3 heterocycles. The summed E-state index contributed by atoms with van der Waals surface area (Å²) >= 11 is 0. The largest absolute Gasteiger partial charge is 0.488 e. The Kier molecular flexibility index (Phi) is 3.83. The topological polar surface area (TPSA) is 72.0 Å². The number of ether oxygens (including phenoxy) is 2. The fraction of sp³-hybridized carbons (Fsp3) is 0.435. The number of cyclic esters (lactones) is 1. The van der Waals surface area contributed by atoms with Crippen LogP contribution in [0, 0.1) is 6.92 Å². The van der Waals surface area contributed by atoms with Gasteiger partial charge in [0.05, 0.1) is 11.9 Å². The van der Waals surface area contributed by atoms with Gasteiger partial charge in [-0.25, -0.2) is 4.79 Å².